The average molecular weight is 529 g/mol. The van der Waals surface area contributed by atoms with Gasteiger partial charge in [-0.3, -0.25) is 9.69 Å². The highest BCUT2D eigenvalue weighted by Gasteiger charge is 2.26. The summed E-state index contributed by atoms with van der Waals surface area (Å²) in [5.41, 5.74) is 2.36. The molecule has 0 unspecified atom stereocenters. The summed E-state index contributed by atoms with van der Waals surface area (Å²) in [6, 6.07) is 19.1. The zero-order valence-electron chi connectivity index (χ0n) is 22.3. The molecule has 1 atom stereocenters. The van der Waals surface area contributed by atoms with Gasteiger partial charge in [0.2, 0.25) is 0 Å². The van der Waals surface area contributed by atoms with Crippen LogP contribution >= 0.6 is 0 Å². The number of hydrogen-bond donors (Lipinski definition) is 1. The van der Waals surface area contributed by atoms with E-state index in [9.17, 15) is 4.79 Å². The van der Waals surface area contributed by atoms with E-state index < -0.39 is 0 Å². The topological polar surface area (TPSA) is 111 Å². The predicted octanol–water partition coefficient (Wildman–Crippen LogP) is 4.72. The second-order valence-corrected chi connectivity index (χ2v) is 9.26. The Morgan fingerprint density at radius 2 is 1.87 bits per heavy atom. The summed E-state index contributed by atoms with van der Waals surface area (Å²) in [4.78, 5) is 18.5. The minimum atomic E-state index is -0.165. The summed E-state index contributed by atoms with van der Waals surface area (Å²) in [6.45, 7) is 6.00. The molecule has 0 aliphatic carbocycles. The third kappa shape index (κ3) is 6.01. The van der Waals surface area contributed by atoms with Crippen molar-refractivity contribution in [1.82, 2.24) is 30.1 Å². The van der Waals surface area contributed by atoms with Crippen molar-refractivity contribution < 1.29 is 13.9 Å². The molecule has 0 fully saturated rings. The van der Waals surface area contributed by atoms with Gasteiger partial charge in [-0.15, -0.1) is 5.10 Å². The van der Waals surface area contributed by atoms with Gasteiger partial charge in [-0.25, -0.2) is 4.68 Å². The molecule has 0 amide bonds. The SMILES string of the molecule is CCOc1ccc2[nH]c(=O)c(CN(Cc3ccc(OC)cc3)[C@@H](CC)c3nnnn3Cc3ccco3)cc2c1. The zero-order valence-corrected chi connectivity index (χ0v) is 22.3. The summed E-state index contributed by atoms with van der Waals surface area (Å²) in [5, 5.41) is 13.5. The van der Waals surface area contributed by atoms with E-state index >= 15 is 0 Å². The maximum absolute atomic E-state index is 13.2. The lowest BCUT2D eigenvalue weighted by Crippen LogP contribution is -2.32. The number of furan rings is 1. The Morgan fingerprint density at radius 3 is 2.59 bits per heavy atom. The van der Waals surface area contributed by atoms with Gasteiger partial charge in [0.15, 0.2) is 5.82 Å². The fourth-order valence-electron chi connectivity index (χ4n) is 4.78. The van der Waals surface area contributed by atoms with Crippen LogP contribution in [0.1, 0.15) is 49.0 Å². The van der Waals surface area contributed by atoms with Gasteiger partial charge < -0.3 is 18.9 Å². The summed E-state index contributed by atoms with van der Waals surface area (Å²) in [7, 11) is 1.65. The Balaban J connectivity index is 1.51. The number of ether oxygens (including phenoxy) is 2. The van der Waals surface area contributed by atoms with E-state index in [0.717, 1.165) is 40.1 Å². The third-order valence-electron chi connectivity index (χ3n) is 6.69. The Kier molecular flexibility index (Phi) is 8.02. The lowest BCUT2D eigenvalue weighted by molar-refractivity contribution is 0.161. The third-order valence-corrected chi connectivity index (χ3v) is 6.69. The van der Waals surface area contributed by atoms with E-state index in [4.69, 9.17) is 13.9 Å². The summed E-state index contributed by atoms with van der Waals surface area (Å²) in [5.74, 6) is 3.02. The Morgan fingerprint density at radius 1 is 1.05 bits per heavy atom. The monoisotopic (exact) mass is 528 g/mol. The molecule has 0 aliphatic heterocycles. The molecular formula is C29H32N6O4. The molecule has 0 radical (unpaired) electrons. The quantitative estimate of drug-likeness (QED) is 0.248. The van der Waals surface area contributed by atoms with Gasteiger partial charge in [0.1, 0.15) is 23.8 Å². The molecular weight excluding hydrogens is 496 g/mol. The molecule has 2 aromatic carbocycles. The first-order chi connectivity index (χ1) is 19.1. The first-order valence-corrected chi connectivity index (χ1v) is 13.0. The molecule has 10 nitrogen and oxygen atoms in total. The van der Waals surface area contributed by atoms with Gasteiger partial charge in [0.05, 0.1) is 26.0 Å². The molecule has 10 heteroatoms. The highest BCUT2D eigenvalue weighted by molar-refractivity contribution is 5.80. The van der Waals surface area contributed by atoms with Gasteiger partial charge in [0, 0.05) is 29.6 Å². The molecule has 0 saturated heterocycles. The van der Waals surface area contributed by atoms with Crippen LogP contribution in [0.3, 0.4) is 0 Å². The number of nitrogens with zero attached hydrogens (tertiary/aromatic N) is 5. The van der Waals surface area contributed by atoms with Crippen LogP contribution in [0.4, 0.5) is 0 Å². The number of pyridine rings is 1. The summed E-state index contributed by atoms with van der Waals surface area (Å²) < 4.78 is 18.3. The Bertz CT molecular complexity index is 1560. The van der Waals surface area contributed by atoms with Crippen molar-refractivity contribution in [3.63, 3.8) is 0 Å². The van der Waals surface area contributed by atoms with Gasteiger partial charge in [-0.2, -0.15) is 0 Å². The number of benzene rings is 2. The first kappa shape index (κ1) is 26.2. The number of fused-ring (bicyclic) bond motifs is 1. The van der Waals surface area contributed by atoms with Crippen molar-refractivity contribution in [3.05, 3.63) is 100.0 Å². The molecule has 5 rings (SSSR count). The van der Waals surface area contributed by atoms with Crippen LogP contribution in [0.5, 0.6) is 11.5 Å². The fraction of sp³-hybridized carbons (Fsp3) is 0.310. The lowest BCUT2D eigenvalue weighted by atomic mass is 10.1. The van der Waals surface area contributed by atoms with Crippen molar-refractivity contribution in [2.75, 3.05) is 13.7 Å². The number of hydrogen-bond acceptors (Lipinski definition) is 8. The fourth-order valence-corrected chi connectivity index (χ4v) is 4.78. The van der Waals surface area contributed by atoms with E-state index in [-0.39, 0.29) is 11.6 Å². The lowest BCUT2D eigenvalue weighted by Gasteiger charge is -2.30. The minimum absolute atomic E-state index is 0.128. The molecule has 3 aromatic heterocycles. The molecule has 1 N–H and O–H groups in total. The predicted molar refractivity (Wildman–Crippen MR) is 147 cm³/mol. The van der Waals surface area contributed by atoms with E-state index in [1.165, 1.54) is 0 Å². The van der Waals surface area contributed by atoms with Crippen molar-refractivity contribution in [3.8, 4) is 11.5 Å². The molecule has 0 spiro atoms. The standard InChI is InChI=1S/C29H32N6O4/c1-4-27(28-31-32-33-35(28)19-25-7-6-14-39-25)34(17-20-8-10-23(37-3)11-9-20)18-22-15-21-16-24(38-5-2)12-13-26(21)30-29(22)36/h6-16,27H,4-5,17-19H2,1-3H3,(H,30,36)/t27-/m0/s1. The highest BCUT2D eigenvalue weighted by Crippen LogP contribution is 2.28. The largest absolute Gasteiger partial charge is 0.497 e. The molecule has 0 aliphatic rings. The number of nitrogens with one attached hydrogen (secondary N) is 1. The van der Waals surface area contributed by atoms with Crippen LogP contribution < -0.4 is 15.0 Å². The number of methoxy groups -OCH3 is 1. The van der Waals surface area contributed by atoms with Crippen molar-refractivity contribution in [2.24, 2.45) is 0 Å². The smallest absolute Gasteiger partial charge is 0.252 e. The number of aromatic nitrogens is 5. The van der Waals surface area contributed by atoms with Gasteiger partial charge >= 0.3 is 0 Å². The molecule has 3 heterocycles. The number of tetrazole rings is 1. The maximum atomic E-state index is 13.2. The summed E-state index contributed by atoms with van der Waals surface area (Å²) >= 11 is 0. The van der Waals surface area contributed by atoms with Crippen molar-refractivity contribution in [2.45, 2.75) is 45.9 Å². The van der Waals surface area contributed by atoms with Crippen LogP contribution in [0.25, 0.3) is 10.9 Å². The van der Waals surface area contributed by atoms with Crippen LogP contribution in [0, 0.1) is 0 Å². The molecule has 39 heavy (non-hydrogen) atoms. The second-order valence-electron chi connectivity index (χ2n) is 9.26. The number of rotatable bonds is 12. The van der Waals surface area contributed by atoms with Crippen LogP contribution in [-0.2, 0) is 19.6 Å². The Labute approximate surface area is 226 Å². The summed E-state index contributed by atoms with van der Waals surface area (Å²) in [6.07, 6.45) is 2.37. The average Bonchev–Trinajstić information content (AvgIpc) is 3.63. The van der Waals surface area contributed by atoms with E-state index in [2.05, 4.69) is 32.3 Å². The number of H-pyrrole nitrogens is 1. The Hall–Kier alpha value is -4.44. The van der Waals surface area contributed by atoms with Gasteiger partial charge in [-0.05, 0) is 77.9 Å². The van der Waals surface area contributed by atoms with Crippen LogP contribution in [0.15, 0.2) is 76.1 Å². The minimum Gasteiger partial charge on any atom is -0.497 e. The van der Waals surface area contributed by atoms with E-state index in [1.807, 2.05) is 67.6 Å². The zero-order chi connectivity index (χ0) is 27.2. The van der Waals surface area contributed by atoms with E-state index in [0.29, 0.717) is 37.6 Å². The molecule has 0 saturated carbocycles. The second kappa shape index (κ2) is 12.0. The molecule has 202 valence electrons. The normalized spacial score (nSPS) is 12.2. The van der Waals surface area contributed by atoms with Gasteiger partial charge in [0.25, 0.3) is 5.56 Å². The molecule has 5 aromatic rings. The number of aromatic amines is 1. The maximum Gasteiger partial charge on any atom is 0.252 e. The van der Waals surface area contributed by atoms with Crippen molar-refractivity contribution in [1.29, 1.82) is 0 Å². The molecule has 0 bridgehead atoms. The van der Waals surface area contributed by atoms with Gasteiger partial charge in [-0.1, -0.05) is 19.1 Å². The van der Waals surface area contributed by atoms with E-state index in [1.54, 1.807) is 18.1 Å². The highest BCUT2D eigenvalue weighted by atomic mass is 16.5. The first-order valence-electron chi connectivity index (χ1n) is 13.0. The van der Waals surface area contributed by atoms with Crippen molar-refractivity contribution >= 4 is 10.9 Å². The van der Waals surface area contributed by atoms with Crippen LogP contribution in [0.2, 0.25) is 0 Å². The van der Waals surface area contributed by atoms with Crippen LogP contribution in [-0.4, -0.2) is 43.8 Å².